The summed E-state index contributed by atoms with van der Waals surface area (Å²) in [6, 6.07) is 1.57. The van der Waals surface area contributed by atoms with Crippen LogP contribution in [0.4, 0.5) is 13.2 Å². The van der Waals surface area contributed by atoms with Crippen molar-refractivity contribution in [1.29, 1.82) is 0 Å². The molecule has 1 aromatic rings. The van der Waals surface area contributed by atoms with Crippen molar-refractivity contribution in [1.82, 2.24) is 5.32 Å². The third-order valence-corrected chi connectivity index (χ3v) is 4.61. The van der Waals surface area contributed by atoms with Gasteiger partial charge in [0.15, 0.2) is 17.5 Å². The third-order valence-electron chi connectivity index (χ3n) is 4.61. The summed E-state index contributed by atoms with van der Waals surface area (Å²) < 4.78 is 45.3. The van der Waals surface area contributed by atoms with Crippen LogP contribution in [0.1, 0.15) is 50.5 Å². The Balaban J connectivity index is 2.14. The zero-order valence-electron chi connectivity index (χ0n) is 18.5. The summed E-state index contributed by atoms with van der Waals surface area (Å²) >= 11 is 0. The van der Waals surface area contributed by atoms with Crippen molar-refractivity contribution < 1.29 is 37.1 Å². The molecule has 0 saturated heterocycles. The summed E-state index contributed by atoms with van der Waals surface area (Å²) in [4.78, 5) is 23.0. The molecule has 0 saturated carbocycles. The molecule has 1 unspecified atom stereocenters. The van der Waals surface area contributed by atoms with Crippen LogP contribution < -0.4 is 10.4 Å². The number of quaternary nitrogens is 1. The van der Waals surface area contributed by atoms with Crippen molar-refractivity contribution in [2.24, 2.45) is 0 Å². The van der Waals surface area contributed by atoms with E-state index in [0.717, 1.165) is 37.8 Å². The van der Waals surface area contributed by atoms with E-state index in [1.165, 1.54) is 0 Å². The van der Waals surface area contributed by atoms with E-state index in [1.807, 2.05) is 21.1 Å². The molecule has 9 heteroatoms. The van der Waals surface area contributed by atoms with Gasteiger partial charge in [0.05, 0.1) is 40.3 Å². The van der Waals surface area contributed by atoms with E-state index in [-0.39, 0.29) is 24.5 Å². The topological polar surface area (TPSA) is 78.5 Å². The number of hydrogen-bond donors (Lipinski definition) is 1. The van der Waals surface area contributed by atoms with Crippen LogP contribution in [0.2, 0.25) is 0 Å². The molecule has 176 valence electrons. The molecule has 1 atom stereocenters. The number of nitrogens with one attached hydrogen (secondary N) is 1. The molecular formula is C22H33F3N2O4. The highest BCUT2D eigenvalue weighted by Gasteiger charge is 2.20. The van der Waals surface area contributed by atoms with Gasteiger partial charge in [-0.2, -0.15) is 0 Å². The molecule has 0 radical (unpaired) electrons. The second kappa shape index (κ2) is 13.3. The lowest BCUT2D eigenvalue weighted by Crippen LogP contribution is -2.50. The monoisotopic (exact) mass is 446 g/mol. The molecule has 0 aliphatic heterocycles. The lowest BCUT2D eigenvalue weighted by Gasteiger charge is -2.30. The van der Waals surface area contributed by atoms with E-state index in [0.29, 0.717) is 30.5 Å². The number of carboxylic acids is 1. The lowest BCUT2D eigenvalue weighted by atomic mass is 10.1. The van der Waals surface area contributed by atoms with E-state index in [1.54, 1.807) is 0 Å². The Kier molecular flexibility index (Phi) is 11.6. The van der Waals surface area contributed by atoms with Gasteiger partial charge in [-0.3, -0.25) is 4.79 Å². The summed E-state index contributed by atoms with van der Waals surface area (Å²) in [6.45, 7) is 0.743. The van der Waals surface area contributed by atoms with Gasteiger partial charge in [0, 0.05) is 31.0 Å². The number of carbonyl (C=O) groups excluding carboxylic acids is 2. The first-order valence-corrected chi connectivity index (χ1v) is 10.5. The molecule has 0 fully saturated rings. The largest absolute Gasteiger partial charge is 0.550 e. The number of amides is 1. The highest BCUT2D eigenvalue weighted by atomic mass is 19.2. The van der Waals surface area contributed by atoms with Crippen molar-refractivity contribution in [3.63, 3.8) is 0 Å². The fraction of sp³-hybridized carbons (Fsp3) is 0.636. The van der Waals surface area contributed by atoms with E-state index in [4.69, 9.17) is 4.74 Å². The van der Waals surface area contributed by atoms with Gasteiger partial charge in [-0.05, 0) is 18.9 Å². The molecule has 0 heterocycles. The fourth-order valence-corrected chi connectivity index (χ4v) is 3.20. The van der Waals surface area contributed by atoms with E-state index >= 15 is 0 Å². The number of unbranched alkanes of at least 4 members (excludes halogenated alkanes) is 4. The standard InChI is InChI=1S/C22H33F3N2O4/c1-27(2,3)14-17(13-20(29)30)26-19(28)9-7-5-4-6-8-12-31-15-16-10-11-18(23)22(25)21(16)24/h10-11,17H,4-9,12-15H2,1-3H3,(H-,26,28,29,30). The third kappa shape index (κ3) is 11.7. The number of rotatable bonds is 15. The smallest absolute Gasteiger partial charge is 0.220 e. The predicted octanol–water partition coefficient (Wildman–Crippen LogP) is 2.29. The zero-order valence-corrected chi connectivity index (χ0v) is 18.5. The number of carbonyl (C=O) groups is 2. The lowest BCUT2D eigenvalue weighted by molar-refractivity contribution is -0.871. The predicted molar refractivity (Wildman–Crippen MR) is 108 cm³/mol. The second-order valence-corrected chi connectivity index (χ2v) is 8.72. The summed E-state index contributed by atoms with van der Waals surface area (Å²) in [5.74, 6) is -5.29. The molecule has 0 bridgehead atoms. The number of benzene rings is 1. The van der Waals surface area contributed by atoms with Crippen molar-refractivity contribution in [2.75, 3.05) is 34.3 Å². The Morgan fingerprint density at radius 1 is 1.03 bits per heavy atom. The summed E-state index contributed by atoms with van der Waals surface area (Å²) in [5, 5.41) is 13.7. The van der Waals surface area contributed by atoms with Gasteiger partial charge in [-0.15, -0.1) is 0 Å². The van der Waals surface area contributed by atoms with Crippen LogP contribution in [0.15, 0.2) is 12.1 Å². The fourth-order valence-electron chi connectivity index (χ4n) is 3.20. The maximum Gasteiger partial charge on any atom is 0.220 e. The minimum atomic E-state index is -1.49. The molecule has 1 aromatic carbocycles. The summed E-state index contributed by atoms with van der Waals surface area (Å²) in [7, 11) is 5.77. The van der Waals surface area contributed by atoms with Crippen molar-refractivity contribution >= 4 is 11.9 Å². The summed E-state index contributed by atoms with van der Waals surface area (Å²) in [6.07, 6.45) is 4.12. The Labute approximate surface area is 182 Å². The average Bonchev–Trinajstić information content (AvgIpc) is 2.64. The number of halogens is 3. The highest BCUT2D eigenvalue weighted by Crippen LogP contribution is 2.16. The highest BCUT2D eigenvalue weighted by molar-refractivity contribution is 5.77. The molecule has 0 aliphatic carbocycles. The Bertz CT molecular complexity index is 723. The van der Waals surface area contributed by atoms with Crippen molar-refractivity contribution in [3.8, 4) is 0 Å². The molecule has 1 amide bonds. The van der Waals surface area contributed by atoms with E-state index in [2.05, 4.69) is 5.32 Å². The Morgan fingerprint density at radius 3 is 2.32 bits per heavy atom. The van der Waals surface area contributed by atoms with Crippen LogP contribution in [-0.4, -0.2) is 56.7 Å². The van der Waals surface area contributed by atoms with Crippen molar-refractivity contribution in [2.45, 2.75) is 57.6 Å². The first kappa shape index (κ1) is 26.9. The van der Waals surface area contributed by atoms with Gasteiger partial charge in [0.2, 0.25) is 5.91 Å². The van der Waals surface area contributed by atoms with Crippen LogP contribution in [0.5, 0.6) is 0 Å². The van der Waals surface area contributed by atoms with E-state index in [9.17, 15) is 27.9 Å². The van der Waals surface area contributed by atoms with E-state index < -0.39 is 29.5 Å². The number of carboxylic acid groups (broad SMARTS) is 1. The Morgan fingerprint density at radius 2 is 1.68 bits per heavy atom. The SMILES string of the molecule is C[N+](C)(C)CC(CC(=O)[O-])NC(=O)CCCCCCCOCc1ccc(F)c(F)c1F. The number of hydrogen-bond acceptors (Lipinski definition) is 4. The van der Waals surface area contributed by atoms with Gasteiger partial charge in [-0.25, -0.2) is 13.2 Å². The maximum absolute atomic E-state index is 13.5. The van der Waals surface area contributed by atoms with Gasteiger partial charge in [-0.1, -0.05) is 25.3 Å². The first-order chi connectivity index (χ1) is 14.5. The second-order valence-electron chi connectivity index (χ2n) is 8.72. The number of aliphatic carboxylic acids is 1. The molecule has 0 aromatic heterocycles. The minimum absolute atomic E-state index is 0.0212. The number of ether oxygens (including phenoxy) is 1. The molecule has 0 spiro atoms. The van der Waals surface area contributed by atoms with Gasteiger partial charge in [0.1, 0.15) is 0 Å². The average molecular weight is 447 g/mol. The first-order valence-electron chi connectivity index (χ1n) is 10.5. The molecule has 31 heavy (non-hydrogen) atoms. The quantitative estimate of drug-likeness (QED) is 0.255. The molecule has 6 nitrogen and oxygen atoms in total. The number of likely N-dealkylation sites (N-methyl/N-ethyl adjacent to an activating group) is 1. The van der Waals surface area contributed by atoms with Gasteiger partial charge < -0.3 is 24.4 Å². The molecule has 1 rings (SSSR count). The van der Waals surface area contributed by atoms with Crippen LogP contribution in [-0.2, 0) is 20.9 Å². The van der Waals surface area contributed by atoms with Crippen LogP contribution in [0.25, 0.3) is 0 Å². The van der Waals surface area contributed by atoms with Crippen molar-refractivity contribution in [3.05, 3.63) is 35.1 Å². The normalized spacial score (nSPS) is 12.6. The number of nitrogens with zero attached hydrogens (tertiary/aromatic N) is 1. The van der Waals surface area contributed by atoms with Crippen LogP contribution in [0.3, 0.4) is 0 Å². The van der Waals surface area contributed by atoms with Crippen LogP contribution >= 0.6 is 0 Å². The summed E-state index contributed by atoms with van der Waals surface area (Å²) in [5.41, 5.74) is -0.0212. The van der Waals surface area contributed by atoms with Crippen LogP contribution in [0, 0.1) is 17.5 Å². The zero-order chi connectivity index (χ0) is 23.4. The van der Waals surface area contributed by atoms with Gasteiger partial charge >= 0.3 is 0 Å². The Hall–Kier alpha value is -2.13. The molecule has 1 N–H and O–H groups in total. The minimum Gasteiger partial charge on any atom is -0.550 e. The van der Waals surface area contributed by atoms with Gasteiger partial charge in [0.25, 0.3) is 0 Å². The molecular weight excluding hydrogens is 413 g/mol. The maximum atomic E-state index is 13.5. The molecule has 0 aliphatic rings.